The van der Waals surface area contributed by atoms with E-state index in [0.29, 0.717) is 24.0 Å². The SMILES string of the molecule is CNCC1CCCN(S(=O)(=O)c2ccc(SC)c(Cl)c2)C1. The molecule has 0 radical (unpaired) electrons. The molecule has 1 atom stereocenters. The number of sulfonamides is 1. The average Bonchev–Trinajstić information content (AvgIpc) is 2.48. The zero-order valence-electron chi connectivity index (χ0n) is 12.3. The van der Waals surface area contributed by atoms with Crippen molar-refractivity contribution in [1.82, 2.24) is 9.62 Å². The monoisotopic (exact) mass is 348 g/mol. The topological polar surface area (TPSA) is 49.4 Å². The van der Waals surface area contributed by atoms with Gasteiger partial charge in [-0.3, -0.25) is 0 Å². The third kappa shape index (κ3) is 3.93. The van der Waals surface area contributed by atoms with Gasteiger partial charge in [-0.15, -0.1) is 11.8 Å². The van der Waals surface area contributed by atoms with E-state index in [9.17, 15) is 8.42 Å². The first-order chi connectivity index (χ1) is 9.98. The van der Waals surface area contributed by atoms with E-state index in [-0.39, 0.29) is 4.90 Å². The Kier molecular flexibility index (Phi) is 5.96. The van der Waals surface area contributed by atoms with Crippen molar-refractivity contribution in [3.05, 3.63) is 23.2 Å². The summed E-state index contributed by atoms with van der Waals surface area (Å²) in [6.07, 6.45) is 3.89. The maximum absolute atomic E-state index is 12.7. The lowest BCUT2D eigenvalue weighted by molar-refractivity contribution is 0.263. The molecule has 1 aliphatic rings. The van der Waals surface area contributed by atoms with E-state index in [1.165, 1.54) is 11.8 Å². The zero-order chi connectivity index (χ0) is 15.5. The Balaban J connectivity index is 2.23. The molecular formula is C14H21ClN2O2S2. The van der Waals surface area contributed by atoms with Gasteiger partial charge in [0.25, 0.3) is 0 Å². The van der Waals surface area contributed by atoms with Crippen LogP contribution in [0.3, 0.4) is 0 Å². The molecule has 0 aliphatic carbocycles. The highest BCUT2D eigenvalue weighted by molar-refractivity contribution is 7.98. The van der Waals surface area contributed by atoms with Gasteiger partial charge in [-0.1, -0.05) is 11.6 Å². The molecule has 1 saturated heterocycles. The lowest BCUT2D eigenvalue weighted by Crippen LogP contribution is -2.42. The van der Waals surface area contributed by atoms with Gasteiger partial charge >= 0.3 is 0 Å². The normalized spacial score (nSPS) is 20.6. The van der Waals surface area contributed by atoms with Gasteiger partial charge in [0.15, 0.2) is 0 Å². The lowest BCUT2D eigenvalue weighted by Gasteiger charge is -2.31. The zero-order valence-corrected chi connectivity index (χ0v) is 14.7. The first kappa shape index (κ1) is 17.1. The average molecular weight is 349 g/mol. The molecular weight excluding hydrogens is 328 g/mol. The van der Waals surface area contributed by atoms with Crippen LogP contribution in [0.4, 0.5) is 0 Å². The van der Waals surface area contributed by atoms with Gasteiger partial charge in [-0.25, -0.2) is 8.42 Å². The number of nitrogens with one attached hydrogen (secondary N) is 1. The lowest BCUT2D eigenvalue weighted by atomic mass is 10.00. The van der Waals surface area contributed by atoms with Crippen LogP contribution >= 0.6 is 23.4 Å². The molecule has 1 aromatic rings. The summed E-state index contributed by atoms with van der Waals surface area (Å²) < 4.78 is 27.0. The molecule has 7 heteroatoms. The fourth-order valence-corrected chi connectivity index (χ4v) is 5.17. The molecule has 0 amide bonds. The van der Waals surface area contributed by atoms with Crippen LogP contribution in [0, 0.1) is 5.92 Å². The summed E-state index contributed by atoms with van der Waals surface area (Å²) in [5.41, 5.74) is 0. The third-order valence-corrected chi connectivity index (χ3v) is 6.82. The number of benzene rings is 1. The highest BCUT2D eigenvalue weighted by Crippen LogP contribution is 2.30. The van der Waals surface area contributed by atoms with Gasteiger partial charge in [0.05, 0.1) is 9.92 Å². The summed E-state index contributed by atoms with van der Waals surface area (Å²) >= 11 is 7.65. The van der Waals surface area contributed by atoms with E-state index in [1.54, 1.807) is 22.5 Å². The molecule has 21 heavy (non-hydrogen) atoms. The Hall–Kier alpha value is -0.270. The summed E-state index contributed by atoms with van der Waals surface area (Å²) in [4.78, 5) is 1.18. The Morgan fingerprint density at radius 2 is 2.24 bits per heavy atom. The molecule has 1 N–H and O–H groups in total. The largest absolute Gasteiger partial charge is 0.319 e. The van der Waals surface area contributed by atoms with Gasteiger partial charge in [0.2, 0.25) is 10.0 Å². The van der Waals surface area contributed by atoms with Gasteiger partial charge < -0.3 is 5.32 Å². The molecule has 1 heterocycles. The van der Waals surface area contributed by atoms with E-state index in [2.05, 4.69) is 5.32 Å². The molecule has 1 fully saturated rings. The highest BCUT2D eigenvalue weighted by Gasteiger charge is 2.30. The predicted molar refractivity (Wildman–Crippen MR) is 88.6 cm³/mol. The molecule has 2 rings (SSSR count). The minimum atomic E-state index is -3.45. The van der Waals surface area contributed by atoms with Crippen molar-refractivity contribution in [2.45, 2.75) is 22.6 Å². The number of hydrogen-bond donors (Lipinski definition) is 1. The standard InChI is InChI=1S/C14H21ClN2O2S2/c1-16-9-11-4-3-7-17(10-11)21(18,19)12-5-6-14(20-2)13(15)8-12/h5-6,8,11,16H,3-4,7,9-10H2,1-2H3. The first-order valence-corrected chi connectivity index (χ1v) is 10.0. The van der Waals surface area contributed by atoms with Crippen LogP contribution in [0.5, 0.6) is 0 Å². The van der Waals surface area contributed by atoms with Crippen LogP contribution in [0.25, 0.3) is 0 Å². The van der Waals surface area contributed by atoms with E-state index < -0.39 is 10.0 Å². The van der Waals surface area contributed by atoms with Gasteiger partial charge in [-0.2, -0.15) is 4.31 Å². The van der Waals surface area contributed by atoms with Crippen LogP contribution in [-0.2, 0) is 10.0 Å². The molecule has 0 spiro atoms. The number of hydrogen-bond acceptors (Lipinski definition) is 4. The molecule has 118 valence electrons. The second-order valence-corrected chi connectivity index (χ2v) is 8.42. The molecule has 1 unspecified atom stereocenters. The van der Waals surface area contributed by atoms with Crippen molar-refractivity contribution in [3.63, 3.8) is 0 Å². The predicted octanol–water partition coefficient (Wildman–Crippen LogP) is 2.68. The van der Waals surface area contributed by atoms with Crippen LogP contribution in [0.1, 0.15) is 12.8 Å². The second kappa shape index (κ2) is 7.33. The molecule has 0 aromatic heterocycles. The number of piperidine rings is 1. The van der Waals surface area contributed by atoms with E-state index in [0.717, 1.165) is 24.3 Å². The maximum atomic E-state index is 12.7. The molecule has 0 saturated carbocycles. The number of rotatable bonds is 5. The number of halogens is 1. The smallest absolute Gasteiger partial charge is 0.243 e. The quantitative estimate of drug-likeness (QED) is 0.831. The van der Waals surface area contributed by atoms with Crippen molar-refractivity contribution in [2.75, 3.05) is 32.9 Å². The van der Waals surface area contributed by atoms with Crippen LogP contribution in [0.2, 0.25) is 5.02 Å². The van der Waals surface area contributed by atoms with Gasteiger partial charge in [-0.05, 0) is 56.8 Å². The van der Waals surface area contributed by atoms with Crippen molar-refractivity contribution < 1.29 is 8.42 Å². The molecule has 4 nitrogen and oxygen atoms in total. The van der Waals surface area contributed by atoms with E-state index in [4.69, 9.17) is 11.6 Å². The van der Waals surface area contributed by atoms with Crippen molar-refractivity contribution >= 4 is 33.4 Å². The van der Waals surface area contributed by atoms with E-state index >= 15 is 0 Å². The number of thioether (sulfide) groups is 1. The molecule has 1 aliphatic heterocycles. The minimum Gasteiger partial charge on any atom is -0.319 e. The summed E-state index contributed by atoms with van der Waals surface area (Å²) in [6.45, 7) is 2.01. The van der Waals surface area contributed by atoms with Crippen LogP contribution in [-0.4, -0.2) is 45.7 Å². The van der Waals surface area contributed by atoms with Crippen LogP contribution < -0.4 is 5.32 Å². The minimum absolute atomic E-state index is 0.287. The Bertz CT molecular complexity index is 591. The van der Waals surface area contributed by atoms with E-state index in [1.807, 2.05) is 13.3 Å². The molecule has 0 bridgehead atoms. The van der Waals surface area contributed by atoms with Gasteiger partial charge in [0.1, 0.15) is 0 Å². The third-order valence-electron chi connectivity index (χ3n) is 3.74. The fraction of sp³-hybridized carbons (Fsp3) is 0.571. The summed E-state index contributed by atoms with van der Waals surface area (Å²) in [5.74, 6) is 0.375. The number of nitrogens with zero attached hydrogens (tertiary/aromatic N) is 1. The first-order valence-electron chi connectivity index (χ1n) is 6.97. The van der Waals surface area contributed by atoms with Gasteiger partial charge in [0, 0.05) is 18.0 Å². The summed E-state index contributed by atoms with van der Waals surface area (Å²) in [7, 11) is -1.55. The Morgan fingerprint density at radius 1 is 1.48 bits per heavy atom. The summed E-state index contributed by atoms with van der Waals surface area (Å²) in [6, 6.07) is 4.98. The Labute approximate surface area is 136 Å². The Morgan fingerprint density at radius 3 is 2.86 bits per heavy atom. The summed E-state index contributed by atoms with van der Waals surface area (Å²) in [5, 5.41) is 3.62. The molecule has 1 aromatic carbocycles. The van der Waals surface area contributed by atoms with Crippen molar-refractivity contribution in [2.24, 2.45) is 5.92 Å². The second-order valence-electron chi connectivity index (χ2n) is 5.23. The highest BCUT2D eigenvalue weighted by atomic mass is 35.5. The maximum Gasteiger partial charge on any atom is 0.243 e. The van der Waals surface area contributed by atoms with Crippen molar-refractivity contribution in [1.29, 1.82) is 0 Å². The van der Waals surface area contributed by atoms with Crippen LogP contribution in [0.15, 0.2) is 28.0 Å². The van der Waals surface area contributed by atoms with Crippen molar-refractivity contribution in [3.8, 4) is 0 Å². The fourth-order valence-electron chi connectivity index (χ4n) is 2.66.